The Bertz CT molecular complexity index is 1280. The van der Waals surface area contributed by atoms with Crippen LogP contribution in [0.5, 0.6) is 5.75 Å². The molecule has 0 N–H and O–H groups in total. The lowest BCUT2D eigenvalue weighted by atomic mass is 9.95. The van der Waals surface area contributed by atoms with Crippen molar-refractivity contribution in [1.82, 2.24) is 0 Å². The lowest BCUT2D eigenvalue weighted by Gasteiger charge is -2.29. The molecule has 0 amide bonds. The van der Waals surface area contributed by atoms with Crippen LogP contribution in [0.15, 0.2) is 66.7 Å². The molecule has 1 aliphatic rings. The van der Waals surface area contributed by atoms with Crippen LogP contribution in [0.1, 0.15) is 83.1 Å². The first-order valence-electron chi connectivity index (χ1n) is 15.4. The summed E-state index contributed by atoms with van der Waals surface area (Å²) in [6.07, 6.45) is 13.4. The third-order valence-electron chi connectivity index (χ3n) is 7.80. The van der Waals surface area contributed by atoms with E-state index in [2.05, 4.69) is 13.0 Å². The molecule has 42 heavy (non-hydrogen) atoms. The van der Waals surface area contributed by atoms with Gasteiger partial charge in [-0.05, 0) is 54.7 Å². The molecule has 1 heterocycles. The second-order valence-corrected chi connectivity index (χ2v) is 11.0. The highest BCUT2D eigenvalue weighted by atomic mass is 19.2. The fourth-order valence-corrected chi connectivity index (χ4v) is 5.26. The number of halogens is 3. The van der Waals surface area contributed by atoms with Gasteiger partial charge in [0.15, 0.2) is 17.9 Å². The molecule has 226 valence electrons. The Kier molecular flexibility index (Phi) is 12.5. The van der Waals surface area contributed by atoms with Crippen molar-refractivity contribution in [3.63, 3.8) is 0 Å². The van der Waals surface area contributed by atoms with Crippen LogP contribution in [0.2, 0.25) is 0 Å². The molecule has 6 heteroatoms. The van der Waals surface area contributed by atoms with E-state index in [0.717, 1.165) is 37.7 Å². The molecule has 0 aromatic heterocycles. The lowest BCUT2D eigenvalue weighted by molar-refractivity contribution is -0.189. The van der Waals surface area contributed by atoms with E-state index >= 15 is 4.39 Å². The molecule has 1 aliphatic heterocycles. The molecule has 1 fully saturated rings. The molecule has 1 saturated heterocycles. The number of rotatable bonds is 15. The Morgan fingerprint density at radius 3 is 2.10 bits per heavy atom. The van der Waals surface area contributed by atoms with Crippen LogP contribution >= 0.6 is 0 Å². The lowest BCUT2D eigenvalue weighted by Crippen LogP contribution is -2.30. The number of hydrogen-bond acceptors (Lipinski definition) is 3. The minimum Gasteiger partial charge on any atom is -0.490 e. The van der Waals surface area contributed by atoms with Crippen molar-refractivity contribution < 1.29 is 27.4 Å². The summed E-state index contributed by atoms with van der Waals surface area (Å²) >= 11 is 0. The summed E-state index contributed by atoms with van der Waals surface area (Å²) in [6, 6.07) is 15.0. The van der Waals surface area contributed by atoms with E-state index in [0.29, 0.717) is 36.5 Å². The van der Waals surface area contributed by atoms with Crippen LogP contribution in [0.3, 0.4) is 0 Å². The fraction of sp³-hybridized carbons (Fsp3) is 0.444. The van der Waals surface area contributed by atoms with Crippen molar-refractivity contribution in [3.8, 4) is 28.0 Å². The maximum Gasteiger partial charge on any atom is 0.201 e. The van der Waals surface area contributed by atoms with E-state index in [4.69, 9.17) is 14.2 Å². The van der Waals surface area contributed by atoms with Crippen LogP contribution in [-0.4, -0.2) is 26.1 Å². The van der Waals surface area contributed by atoms with Gasteiger partial charge >= 0.3 is 0 Å². The molecule has 3 aromatic carbocycles. The maximum absolute atomic E-state index is 15.2. The normalized spacial score (nSPS) is 17.2. The fourth-order valence-electron chi connectivity index (χ4n) is 5.26. The van der Waals surface area contributed by atoms with Gasteiger partial charge in [-0.1, -0.05) is 94.0 Å². The summed E-state index contributed by atoms with van der Waals surface area (Å²) in [5, 5.41) is 0. The summed E-state index contributed by atoms with van der Waals surface area (Å²) in [4.78, 5) is 0. The van der Waals surface area contributed by atoms with Gasteiger partial charge in [-0.3, -0.25) is 0 Å². The van der Waals surface area contributed by atoms with Crippen molar-refractivity contribution in [2.75, 3.05) is 19.8 Å². The first-order valence-corrected chi connectivity index (χ1v) is 15.4. The zero-order valence-electron chi connectivity index (χ0n) is 24.8. The summed E-state index contributed by atoms with van der Waals surface area (Å²) in [6.45, 7) is 5.51. The maximum atomic E-state index is 15.2. The molecular formula is C36H43F3O3. The zero-order chi connectivity index (χ0) is 29.7. The smallest absolute Gasteiger partial charge is 0.201 e. The highest BCUT2D eigenvalue weighted by molar-refractivity contribution is 5.71. The largest absolute Gasteiger partial charge is 0.490 e. The number of unbranched alkanes of at least 4 members (excludes halogenated alkanes) is 6. The van der Waals surface area contributed by atoms with E-state index in [1.165, 1.54) is 43.9 Å². The van der Waals surface area contributed by atoms with Gasteiger partial charge in [-0.25, -0.2) is 8.78 Å². The number of hydrogen-bond donors (Lipinski definition) is 0. The number of ether oxygens (including phenoxy) is 3. The van der Waals surface area contributed by atoms with Crippen LogP contribution in [0.25, 0.3) is 22.3 Å². The zero-order valence-corrected chi connectivity index (χ0v) is 24.8. The Morgan fingerprint density at radius 1 is 0.786 bits per heavy atom. The molecule has 0 aliphatic carbocycles. The SMILES string of the molecule is C/C=C/CCC1OCC(c2ccc(-c3ccc(-c4ccc(OCCCCCCCCC)c(F)c4F)cc3)c(F)c2)CO1. The van der Waals surface area contributed by atoms with Gasteiger partial charge in [0.25, 0.3) is 0 Å². The van der Waals surface area contributed by atoms with E-state index < -0.39 is 11.6 Å². The van der Waals surface area contributed by atoms with Crippen LogP contribution < -0.4 is 4.74 Å². The van der Waals surface area contributed by atoms with Crippen molar-refractivity contribution in [2.24, 2.45) is 0 Å². The third-order valence-corrected chi connectivity index (χ3v) is 7.80. The third kappa shape index (κ3) is 8.71. The van der Waals surface area contributed by atoms with Gasteiger partial charge < -0.3 is 14.2 Å². The quantitative estimate of drug-likeness (QED) is 0.132. The number of benzene rings is 3. The van der Waals surface area contributed by atoms with Crippen molar-refractivity contribution in [2.45, 2.75) is 83.8 Å². The monoisotopic (exact) mass is 580 g/mol. The van der Waals surface area contributed by atoms with Gasteiger partial charge in [0.1, 0.15) is 5.82 Å². The van der Waals surface area contributed by atoms with E-state index in [1.807, 2.05) is 19.1 Å². The topological polar surface area (TPSA) is 27.7 Å². The minimum absolute atomic E-state index is 0.0331. The van der Waals surface area contributed by atoms with E-state index in [-0.39, 0.29) is 29.3 Å². The molecule has 0 bridgehead atoms. The predicted molar refractivity (Wildman–Crippen MR) is 163 cm³/mol. The Morgan fingerprint density at radius 2 is 1.43 bits per heavy atom. The highest BCUT2D eigenvalue weighted by Gasteiger charge is 2.24. The Labute approximate surface area is 248 Å². The summed E-state index contributed by atoms with van der Waals surface area (Å²) < 4.78 is 62.1. The van der Waals surface area contributed by atoms with Gasteiger partial charge in [0.05, 0.1) is 19.8 Å². The molecule has 0 saturated carbocycles. The second kappa shape index (κ2) is 16.5. The minimum atomic E-state index is -0.985. The molecule has 0 radical (unpaired) electrons. The Balaban J connectivity index is 1.33. The molecule has 3 aromatic rings. The summed E-state index contributed by atoms with van der Waals surface area (Å²) in [5.74, 6) is -2.39. The molecule has 3 nitrogen and oxygen atoms in total. The molecular weight excluding hydrogens is 537 g/mol. The van der Waals surface area contributed by atoms with Crippen molar-refractivity contribution in [3.05, 3.63) is 89.8 Å². The number of allylic oxidation sites excluding steroid dienone is 2. The average Bonchev–Trinajstić information content (AvgIpc) is 3.01. The van der Waals surface area contributed by atoms with Crippen molar-refractivity contribution >= 4 is 0 Å². The molecule has 0 unspecified atom stereocenters. The van der Waals surface area contributed by atoms with Crippen LogP contribution in [-0.2, 0) is 9.47 Å². The summed E-state index contributed by atoms with van der Waals surface area (Å²) in [7, 11) is 0. The van der Waals surface area contributed by atoms with Gasteiger partial charge in [0, 0.05) is 23.5 Å². The highest BCUT2D eigenvalue weighted by Crippen LogP contribution is 2.33. The molecule has 0 spiro atoms. The van der Waals surface area contributed by atoms with Crippen LogP contribution in [0.4, 0.5) is 13.2 Å². The molecule has 0 atom stereocenters. The summed E-state index contributed by atoms with van der Waals surface area (Å²) in [5.41, 5.74) is 2.56. The molecule has 4 rings (SSSR count). The van der Waals surface area contributed by atoms with Gasteiger partial charge in [-0.2, -0.15) is 4.39 Å². The standard InChI is InChI=1S/C36H43F3O3/c1-3-5-7-8-9-10-12-22-40-33-21-20-31(35(38)36(33)39)27-16-14-26(15-17-27)30-19-18-28(23-32(30)37)29-24-41-34(42-25-29)13-11-6-4-2/h4,6,14-21,23,29,34H,3,5,7-13,22,24-25H2,1-2H3/b6-4+. The van der Waals surface area contributed by atoms with Gasteiger partial charge in [0.2, 0.25) is 5.82 Å². The first kappa shape index (κ1) is 31.8. The van der Waals surface area contributed by atoms with Gasteiger partial charge in [-0.15, -0.1) is 0 Å². The first-order chi connectivity index (χ1) is 20.5. The Hall–Kier alpha value is -3.09. The van der Waals surface area contributed by atoms with E-state index in [1.54, 1.807) is 30.3 Å². The van der Waals surface area contributed by atoms with Crippen molar-refractivity contribution in [1.29, 1.82) is 0 Å². The predicted octanol–water partition coefficient (Wildman–Crippen LogP) is 10.4. The van der Waals surface area contributed by atoms with Crippen LogP contribution in [0, 0.1) is 17.5 Å². The van der Waals surface area contributed by atoms with E-state index in [9.17, 15) is 8.78 Å². The average molecular weight is 581 g/mol. The second-order valence-electron chi connectivity index (χ2n) is 11.0.